The lowest BCUT2D eigenvalue weighted by molar-refractivity contribution is -0.148. The van der Waals surface area contributed by atoms with E-state index in [1.165, 1.54) is 36.6 Å². The summed E-state index contributed by atoms with van der Waals surface area (Å²) in [4.78, 5) is 35.7. The monoisotopic (exact) mass is 511 g/mol. The number of nitrogens with one attached hydrogen (secondary N) is 3. The minimum absolute atomic E-state index is 0.158. The van der Waals surface area contributed by atoms with Crippen molar-refractivity contribution in [2.75, 3.05) is 0 Å². The topological polar surface area (TPSA) is 114 Å². The Morgan fingerprint density at radius 2 is 1.38 bits per heavy atom. The fourth-order valence-electron chi connectivity index (χ4n) is 2.95. The second-order valence-corrected chi connectivity index (χ2v) is 17.9. The summed E-state index contributed by atoms with van der Waals surface area (Å²) in [6, 6.07) is -1.31. The number of esters is 1. The van der Waals surface area contributed by atoms with Crippen LogP contribution in [0.2, 0.25) is 0 Å². The van der Waals surface area contributed by atoms with Gasteiger partial charge in [0.15, 0.2) is 0 Å². The SMILES string of the molecule is CC[C@@H](NC(C)=O)C(C)(C)SP(=O)(N[C@@H](C)C(=O)OC(C)C)SC(C)(C)[C@@H](C)NC(C)=O. The largest absolute Gasteiger partial charge is 0.462 e. The Kier molecular flexibility index (Phi) is 12.4. The van der Waals surface area contributed by atoms with Crippen molar-refractivity contribution in [1.82, 2.24) is 15.7 Å². The van der Waals surface area contributed by atoms with Crippen molar-refractivity contribution in [2.24, 2.45) is 0 Å². The van der Waals surface area contributed by atoms with Gasteiger partial charge in [-0.1, -0.05) is 29.7 Å². The minimum atomic E-state index is -3.34. The molecule has 0 aromatic rings. The Morgan fingerprint density at radius 1 is 0.906 bits per heavy atom. The average Bonchev–Trinajstić information content (AvgIpc) is 2.56. The van der Waals surface area contributed by atoms with Gasteiger partial charge in [0.05, 0.1) is 6.10 Å². The van der Waals surface area contributed by atoms with Gasteiger partial charge in [-0.2, -0.15) is 0 Å². The van der Waals surface area contributed by atoms with E-state index in [1.807, 2.05) is 41.5 Å². The number of carbonyl (C=O) groups is 3. The number of hydrogen-bond acceptors (Lipinski definition) is 7. The molecule has 11 heteroatoms. The molecule has 0 saturated heterocycles. The van der Waals surface area contributed by atoms with E-state index in [4.69, 9.17) is 4.74 Å². The third-order valence-corrected chi connectivity index (χ3v) is 13.9. The molecule has 0 radical (unpaired) electrons. The summed E-state index contributed by atoms with van der Waals surface area (Å²) in [5, 5.41) is 8.84. The van der Waals surface area contributed by atoms with Crippen LogP contribution in [-0.4, -0.2) is 51.5 Å². The predicted octanol–water partition coefficient (Wildman–Crippen LogP) is 4.49. The third-order valence-electron chi connectivity index (χ3n) is 4.86. The summed E-state index contributed by atoms with van der Waals surface area (Å²) >= 11 is 2.43. The van der Waals surface area contributed by atoms with Gasteiger partial charge in [-0.05, 0) is 61.8 Å². The maximum Gasteiger partial charge on any atom is 0.323 e. The lowest BCUT2D eigenvalue weighted by atomic mass is 10.0. The van der Waals surface area contributed by atoms with Crippen LogP contribution in [0.5, 0.6) is 0 Å². The second-order valence-electron chi connectivity index (χ2n) is 9.31. The normalized spacial score (nSPS) is 17.1. The highest BCUT2D eigenvalue weighted by Crippen LogP contribution is 2.73. The first kappa shape index (κ1) is 31.3. The summed E-state index contributed by atoms with van der Waals surface area (Å²) in [6.07, 6.45) is 0.365. The van der Waals surface area contributed by atoms with Crippen LogP contribution in [0.1, 0.15) is 82.6 Å². The van der Waals surface area contributed by atoms with Gasteiger partial charge in [-0.3, -0.25) is 18.9 Å². The summed E-state index contributed by atoms with van der Waals surface area (Å²) in [5.41, 5.74) is -3.34. The van der Waals surface area contributed by atoms with Crippen molar-refractivity contribution in [3.63, 3.8) is 0 Å². The molecule has 32 heavy (non-hydrogen) atoms. The number of hydrogen-bond donors (Lipinski definition) is 3. The van der Waals surface area contributed by atoms with Crippen LogP contribution in [0.25, 0.3) is 0 Å². The molecule has 0 aromatic carbocycles. The molecule has 0 aromatic heterocycles. The van der Waals surface area contributed by atoms with Crippen LogP contribution >= 0.6 is 28.5 Å². The van der Waals surface area contributed by atoms with E-state index in [0.29, 0.717) is 6.42 Å². The quantitative estimate of drug-likeness (QED) is 0.245. The predicted molar refractivity (Wildman–Crippen MR) is 136 cm³/mol. The number of ether oxygens (including phenoxy) is 1. The van der Waals surface area contributed by atoms with Gasteiger partial charge >= 0.3 is 5.97 Å². The van der Waals surface area contributed by atoms with E-state index < -0.39 is 27.2 Å². The van der Waals surface area contributed by atoms with Crippen LogP contribution in [-0.2, 0) is 23.7 Å². The maximum atomic E-state index is 14.3. The first-order chi connectivity index (χ1) is 14.3. The van der Waals surface area contributed by atoms with Crippen LogP contribution in [0.15, 0.2) is 0 Å². The highest BCUT2D eigenvalue weighted by atomic mass is 33.1. The smallest absolute Gasteiger partial charge is 0.323 e. The van der Waals surface area contributed by atoms with Gasteiger partial charge < -0.3 is 15.4 Å². The standard InChI is InChI=1S/C21H42N3O5PS2/c1-12-18(23-17(7)26)21(10,11)32-30(28,24-14(4)19(27)29-13(2)3)31-20(8,9)15(5)22-16(6)25/h13-15,18H,12H2,1-11H3,(H,22,25)(H,23,26)(H,24,28)/t14-,15+,18+,30?/m0/s1. The van der Waals surface area contributed by atoms with Gasteiger partial charge in [0.25, 0.3) is 5.70 Å². The number of amides is 2. The molecule has 0 aliphatic rings. The van der Waals surface area contributed by atoms with Crippen molar-refractivity contribution in [3.05, 3.63) is 0 Å². The van der Waals surface area contributed by atoms with Crippen LogP contribution < -0.4 is 15.7 Å². The highest BCUT2D eigenvalue weighted by molar-refractivity contribution is 8.90. The summed E-state index contributed by atoms with van der Waals surface area (Å²) in [7, 11) is 0. The maximum absolute atomic E-state index is 14.3. The zero-order valence-corrected chi connectivity index (χ0v) is 23.8. The fourth-order valence-corrected chi connectivity index (χ4v) is 15.2. The fraction of sp³-hybridized carbons (Fsp3) is 0.857. The lowest BCUT2D eigenvalue weighted by Gasteiger charge is -2.40. The van der Waals surface area contributed by atoms with Gasteiger partial charge in [0.1, 0.15) is 6.04 Å². The zero-order valence-electron chi connectivity index (χ0n) is 21.3. The highest BCUT2D eigenvalue weighted by Gasteiger charge is 2.44. The molecule has 188 valence electrons. The molecule has 0 fully saturated rings. The van der Waals surface area contributed by atoms with E-state index in [2.05, 4.69) is 15.7 Å². The first-order valence-electron chi connectivity index (χ1n) is 10.9. The molecule has 0 aliphatic carbocycles. The second kappa shape index (κ2) is 12.7. The van der Waals surface area contributed by atoms with Crippen molar-refractivity contribution >= 4 is 46.2 Å². The van der Waals surface area contributed by atoms with Crippen molar-refractivity contribution in [2.45, 2.75) is 116 Å². The summed E-state index contributed by atoms with van der Waals surface area (Å²) < 4.78 is 18.4. The summed E-state index contributed by atoms with van der Waals surface area (Å²) in [6.45, 7) is 19.5. The molecule has 0 bridgehead atoms. The van der Waals surface area contributed by atoms with Gasteiger partial charge in [-0.15, -0.1) is 0 Å². The first-order valence-corrected chi connectivity index (χ1v) is 15.4. The van der Waals surface area contributed by atoms with Crippen molar-refractivity contribution in [3.8, 4) is 0 Å². The molecule has 0 aliphatic heterocycles. The molecule has 4 atom stereocenters. The molecule has 0 rings (SSSR count). The molecule has 0 spiro atoms. The Bertz CT molecular complexity index is 716. The van der Waals surface area contributed by atoms with E-state index >= 15 is 0 Å². The van der Waals surface area contributed by atoms with Crippen molar-refractivity contribution in [1.29, 1.82) is 0 Å². The van der Waals surface area contributed by atoms with Gasteiger partial charge in [0, 0.05) is 35.4 Å². The van der Waals surface area contributed by atoms with Gasteiger partial charge in [0.2, 0.25) is 11.8 Å². The molecule has 0 saturated carbocycles. The zero-order chi connectivity index (χ0) is 25.5. The van der Waals surface area contributed by atoms with Gasteiger partial charge in [-0.25, -0.2) is 5.09 Å². The molecule has 1 unspecified atom stereocenters. The molecule has 3 N–H and O–H groups in total. The van der Waals surface area contributed by atoms with E-state index in [0.717, 1.165) is 0 Å². The molecule has 8 nitrogen and oxygen atoms in total. The molecular formula is C21H42N3O5PS2. The lowest BCUT2D eigenvalue weighted by Crippen LogP contribution is -2.47. The summed E-state index contributed by atoms with van der Waals surface area (Å²) in [5.74, 6) is -0.817. The Labute approximate surface area is 201 Å². The third kappa shape index (κ3) is 10.9. The number of carbonyl (C=O) groups excluding carboxylic acids is 3. The van der Waals surface area contributed by atoms with E-state index in [1.54, 1.807) is 20.8 Å². The van der Waals surface area contributed by atoms with Crippen LogP contribution in [0.4, 0.5) is 0 Å². The van der Waals surface area contributed by atoms with E-state index in [9.17, 15) is 18.9 Å². The minimum Gasteiger partial charge on any atom is -0.462 e. The van der Waals surface area contributed by atoms with Crippen LogP contribution in [0, 0.1) is 0 Å². The van der Waals surface area contributed by atoms with Crippen molar-refractivity contribution < 1.29 is 23.7 Å². The average molecular weight is 512 g/mol. The molecule has 0 heterocycles. The number of rotatable bonds is 13. The molecular weight excluding hydrogens is 469 g/mol. The molecule has 2 amide bonds. The Morgan fingerprint density at radius 3 is 1.78 bits per heavy atom. The Balaban J connectivity index is 6.00. The van der Waals surface area contributed by atoms with Crippen LogP contribution in [0.3, 0.4) is 0 Å². The Hall–Kier alpha value is -0.700. The van der Waals surface area contributed by atoms with E-state index in [-0.39, 0.29) is 30.0 Å².